The van der Waals surface area contributed by atoms with Crippen molar-refractivity contribution in [3.8, 4) is 0 Å². The Hall–Kier alpha value is -0.280. The number of hydrogen-bond acceptors (Lipinski definition) is 1. The van der Waals surface area contributed by atoms with Gasteiger partial charge in [0.25, 0.3) is 0 Å². The minimum absolute atomic E-state index is 0.0534. The molecule has 14 heavy (non-hydrogen) atoms. The zero-order chi connectivity index (χ0) is 11.2. The van der Waals surface area contributed by atoms with Crippen molar-refractivity contribution in [3.63, 3.8) is 0 Å². The summed E-state index contributed by atoms with van der Waals surface area (Å²) in [4.78, 5) is 9.14. The average molecular weight is 230 g/mol. The predicted molar refractivity (Wildman–Crippen MR) is 49.4 cm³/mol. The summed E-state index contributed by atoms with van der Waals surface area (Å²) in [7, 11) is -3.48. The molecule has 0 amide bonds. The quantitative estimate of drug-likeness (QED) is 0.733. The number of hydrogen-bond donors (Lipinski definition) is 1. The Kier molecular flexibility index (Phi) is 5.45. The lowest BCUT2D eigenvalue weighted by molar-refractivity contribution is -0.124. The number of alkyl halides is 3. The number of allylic oxidation sites excluding steroid dienone is 1. The molecule has 0 aromatic heterocycles. The largest absolute Gasteiger partial charge is 0.392 e. The maximum Gasteiger partial charge on any atom is 0.392 e. The van der Waals surface area contributed by atoms with Gasteiger partial charge in [0.15, 0.2) is 0 Å². The highest BCUT2D eigenvalue weighted by Crippen LogP contribution is 2.43. The lowest BCUT2D eigenvalue weighted by Crippen LogP contribution is -2.04. The van der Waals surface area contributed by atoms with E-state index in [1.54, 1.807) is 0 Å². The summed E-state index contributed by atoms with van der Waals surface area (Å²) in [6, 6.07) is 0. The first kappa shape index (κ1) is 13.7. The van der Waals surface area contributed by atoms with Gasteiger partial charge in [-0.2, -0.15) is 13.2 Å². The van der Waals surface area contributed by atoms with Gasteiger partial charge in [-0.25, -0.2) is 0 Å². The normalized spacial score (nSPS) is 17.2. The third kappa shape index (κ3) is 8.32. The highest BCUT2D eigenvalue weighted by molar-refractivity contribution is 7.61. The molecule has 0 fully saturated rings. The van der Waals surface area contributed by atoms with E-state index < -0.39 is 20.0 Å². The molecule has 6 heteroatoms. The van der Waals surface area contributed by atoms with Crippen LogP contribution in [0.25, 0.3) is 0 Å². The van der Waals surface area contributed by atoms with Crippen molar-refractivity contribution < 1.29 is 22.6 Å². The summed E-state index contributed by atoms with van der Waals surface area (Å²) in [5, 5.41) is 0. The Morgan fingerprint density at radius 2 is 2.00 bits per heavy atom. The minimum atomic E-state index is -4.30. The molecule has 0 bridgehead atoms. The van der Waals surface area contributed by atoms with E-state index in [1.165, 1.54) is 0 Å². The molecule has 0 radical (unpaired) electrons. The Morgan fingerprint density at radius 1 is 1.43 bits per heavy atom. The van der Waals surface area contributed by atoms with Gasteiger partial charge in [0.1, 0.15) is 0 Å². The molecule has 0 spiro atoms. The van der Waals surface area contributed by atoms with Gasteiger partial charge in [-0.15, -0.1) is 0 Å². The smallest absolute Gasteiger partial charge is 0.341 e. The zero-order valence-electron chi connectivity index (χ0n) is 7.92. The second kappa shape index (κ2) is 5.56. The van der Waals surface area contributed by atoms with Crippen molar-refractivity contribution in [1.29, 1.82) is 0 Å². The molecule has 1 N–H and O–H groups in total. The van der Waals surface area contributed by atoms with Crippen LogP contribution in [0, 0.1) is 0 Å². The second-order valence-corrected chi connectivity index (χ2v) is 5.29. The van der Waals surface area contributed by atoms with Gasteiger partial charge in [0.05, 0.1) is 6.42 Å². The molecule has 0 aromatic rings. The highest BCUT2D eigenvalue weighted by atomic mass is 31.2. The second-order valence-electron chi connectivity index (χ2n) is 3.04. The van der Waals surface area contributed by atoms with Gasteiger partial charge in [-0.3, -0.25) is 4.57 Å². The molecule has 0 rings (SSSR count). The van der Waals surface area contributed by atoms with Gasteiger partial charge in [-0.05, 0) is 12.2 Å². The van der Waals surface area contributed by atoms with Gasteiger partial charge in [0, 0.05) is 6.16 Å². The fraction of sp³-hybridized carbons (Fsp3) is 0.750. The Bertz CT molecular complexity index is 235. The standard InChI is InChI=1S/C8H14F3O2P/c1-2-3-6-14(12,13)7-4-5-8(9,10)11/h4,7H,2-3,5-6H2,1H3,(H,12,13). The van der Waals surface area contributed by atoms with Crippen molar-refractivity contribution >= 4 is 7.37 Å². The van der Waals surface area contributed by atoms with Gasteiger partial charge >= 0.3 is 6.18 Å². The van der Waals surface area contributed by atoms with Crippen molar-refractivity contribution in [2.45, 2.75) is 32.4 Å². The third-order valence-electron chi connectivity index (χ3n) is 1.52. The van der Waals surface area contributed by atoms with E-state index in [9.17, 15) is 17.7 Å². The summed E-state index contributed by atoms with van der Waals surface area (Å²) in [5.41, 5.74) is 0. The molecular weight excluding hydrogens is 216 g/mol. The zero-order valence-corrected chi connectivity index (χ0v) is 8.81. The van der Waals surface area contributed by atoms with Crippen LogP contribution < -0.4 is 0 Å². The summed E-state index contributed by atoms with van der Waals surface area (Å²) in [6.07, 6.45) is -3.39. The van der Waals surface area contributed by atoms with Gasteiger partial charge in [-0.1, -0.05) is 19.4 Å². The van der Waals surface area contributed by atoms with Crippen molar-refractivity contribution in [3.05, 3.63) is 11.9 Å². The molecule has 0 saturated carbocycles. The van der Waals surface area contributed by atoms with E-state index >= 15 is 0 Å². The Balaban J connectivity index is 4.02. The maximum atomic E-state index is 11.7. The maximum absolute atomic E-state index is 11.7. The monoisotopic (exact) mass is 230 g/mol. The predicted octanol–water partition coefficient (Wildman–Crippen LogP) is 3.52. The fourth-order valence-electron chi connectivity index (χ4n) is 0.810. The Labute approximate surface area is 81.3 Å². The van der Waals surface area contributed by atoms with Crippen LogP contribution in [0.15, 0.2) is 11.9 Å². The van der Waals surface area contributed by atoms with E-state index in [-0.39, 0.29) is 6.16 Å². The summed E-state index contributed by atoms with van der Waals surface area (Å²) in [6.45, 7) is 1.85. The van der Waals surface area contributed by atoms with Crippen LogP contribution in [-0.4, -0.2) is 17.2 Å². The van der Waals surface area contributed by atoms with E-state index in [2.05, 4.69) is 0 Å². The van der Waals surface area contributed by atoms with Crippen LogP contribution in [-0.2, 0) is 4.57 Å². The summed E-state index contributed by atoms with van der Waals surface area (Å²) in [5.74, 6) is 0.788. The lowest BCUT2D eigenvalue weighted by Gasteiger charge is -2.05. The van der Waals surface area contributed by atoms with Gasteiger partial charge < -0.3 is 4.89 Å². The van der Waals surface area contributed by atoms with Crippen molar-refractivity contribution in [2.75, 3.05) is 6.16 Å². The van der Waals surface area contributed by atoms with Crippen LogP contribution in [0.5, 0.6) is 0 Å². The summed E-state index contributed by atoms with van der Waals surface area (Å²) < 4.78 is 46.1. The first-order valence-electron chi connectivity index (χ1n) is 4.33. The van der Waals surface area contributed by atoms with E-state index in [0.29, 0.717) is 6.42 Å². The first-order chi connectivity index (χ1) is 6.27. The van der Waals surface area contributed by atoms with Crippen LogP contribution >= 0.6 is 7.37 Å². The average Bonchev–Trinajstić information content (AvgIpc) is 1.98. The fourth-order valence-corrected chi connectivity index (χ4v) is 2.16. The molecule has 1 unspecified atom stereocenters. The molecular formula is C8H14F3O2P. The first-order valence-corrected chi connectivity index (χ1v) is 6.24. The number of unbranched alkanes of at least 4 members (excludes halogenated alkanes) is 1. The number of rotatable bonds is 5. The van der Waals surface area contributed by atoms with Crippen LogP contribution in [0.2, 0.25) is 0 Å². The van der Waals surface area contributed by atoms with Crippen LogP contribution in [0.3, 0.4) is 0 Å². The molecule has 0 saturated heterocycles. The summed E-state index contributed by atoms with van der Waals surface area (Å²) >= 11 is 0. The van der Waals surface area contributed by atoms with E-state index in [0.717, 1.165) is 18.3 Å². The molecule has 1 atom stereocenters. The molecule has 0 aromatic carbocycles. The van der Waals surface area contributed by atoms with Crippen LogP contribution in [0.4, 0.5) is 13.2 Å². The minimum Gasteiger partial charge on any atom is -0.341 e. The topological polar surface area (TPSA) is 37.3 Å². The Morgan fingerprint density at radius 3 is 2.43 bits per heavy atom. The molecule has 0 aliphatic rings. The van der Waals surface area contributed by atoms with Crippen molar-refractivity contribution in [1.82, 2.24) is 0 Å². The van der Waals surface area contributed by atoms with Gasteiger partial charge in [0.2, 0.25) is 7.37 Å². The SMILES string of the molecule is CCCCP(=O)(O)C=CCC(F)(F)F. The number of halogens is 3. The van der Waals surface area contributed by atoms with Crippen molar-refractivity contribution in [2.24, 2.45) is 0 Å². The molecule has 0 aliphatic carbocycles. The molecule has 2 nitrogen and oxygen atoms in total. The molecule has 0 aliphatic heterocycles. The highest BCUT2D eigenvalue weighted by Gasteiger charge is 2.25. The van der Waals surface area contributed by atoms with E-state index in [1.807, 2.05) is 6.92 Å². The van der Waals surface area contributed by atoms with E-state index in [4.69, 9.17) is 4.89 Å². The van der Waals surface area contributed by atoms with Crippen LogP contribution in [0.1, 0.15) is 26.2 Å². The molecule has 0 heterocycles. The third-order valence-corrected chi connectivity index (χ3v) is 3.15. The molecule has 84 valence electrons. The lowest BCUT2D eigenvalue weighted by atomic mass is 10.4.